The van der Waals surface area contributed by atoms with Crippen molar-refractivity contribution in [2.75, 3.05) is 0 Å². The zero-order valence-corrected chi connectivity index (χ0v) is 23.0. The van der Waals surface area contributed by atoms with Gasteiger partial charge >= 0.3 is 0 Å². The summed E-state index contributed by atoms with van der Waals surface area (Å²) < 4.78 is 139. The van der Waals surface area contributed by atoms with Crippen LogP contribution in [0.3, 0.4) is 0 Å². The summed E-state index contributed by atoms with van der Waals surface area (Å²) in [6.07, 6.45) is 3.28. The fourth-order valence-corrected chi connectivity index (χ4v) is 5.81. The summed E-state index contributed by atoms with van der Waals surface area (Å²) in [4.78, 5) is 0. The molecule has 1 aliphatic heterocycles. The molecule has 41 heavy (non-hydrogen) atoms. The fourth-order valence-electron chi connectivity index (χ4n) is 5.81. The number of hydrogen-bond acceptors (Lipinski definition) is 0. The lowest BCUT2D eigenvalue weighted by Gasteiger charge is -2.38. The van der Waals surface area contributed by atoms with Gasteiger partial charge in [0.1, 0.15) is 23.3 Å². The molecule has 0 aliphatic carbocycles. The quantitative estimate of drug-likeness (QED) is 0.163. The molecule has 0 amide bonds. The average molecular weight is 593 g/mol. The minimum atomic E-state index is -3.49. The topological polar surface area (TPSA) is 16.6 Å². The van der Waals surface area contributed by atoms with Crippen LogP contribution in [0.4, 0.5) is 43.9 Å². The van der Waals surface area contributed by atoms with Crippen molar-refractivity contribution in [3.63, 3.8) is 0 Å². The van der Waals surface area contributed by atoms with E-state index in [0.717, 1.165) is 0 Å². The van der Waals surface area contributed by atoms with Crippen molar-refractivity contribution >= 4 is 17.6 Å². The molecule has 3 aromatic carbocycles. The Bertz CT molecular complexity index is 1270. The molecule has 1 nitrogen and oxygen atoms in total. The van der Waals surface area contributed by atoms with Crippen LogP contribution in [0.5, 0.6) is 0 Å². The molecule has 12 heteroatoms. The van der Waals surface area contributed by atoms with Crippen LogP contribution in [0, 0.1) is 58.2 Å². The lowest BCUT2D eigenvalue weighted by Crippen LogP contribution is -3.04. The molecule has 0 radical (unpaired) electrons. The van der Waals surface area contributed by atoms with Gasteiger partial charge in [-0.2, -0.15) is 6.32 Å². The summed E-state index contributed by atoms with van der Waals surface area (Å²) in [7, 11) is 0. The molecule has 0 aromatic heterocycles. The van der Waals surface area contributed by atoms with Crippen molar-refractivity contribution in [2.24, 2.45) is 0 Å². The predicted molar refractivity (Wildman–Crippen MR) is 138 cm³/mol. The fraction of sp³-hybridized carbons (Fsp3) is 0.379. The first-order valence-corrected chi connectivity index (χ1v) is 13.1. The largest absolute Gasteiger partial charge is 0.337 e. The minimum Gasteiger partial charge on any atom is -0.337 e. The van der Waals surface area contributed by atoms with Crippen molar-refractivity contribution in [2.45, 2.75) is 70.8 Å². The van der Waals surface area contributed by atoms with Crippen LogP contribution in [0.2, 0.25) is 6.32 Å². The standard InChI is InChI=1S/C20H10BF10.C9H19N/c22-11-9(12(23)16(27)19(30)15(11)26)21(7-6-8-4-2-1-3-5-8)10-13(24)17(28)20(31)18(29)14(10)25;1-8(2)6-5-7-9(3,4)10-8/h1-5,21H,6-7H2;10H,5-7H2,1-4H3/q-1;/p+1. The maximum absolute atomic E-state index is 14.4. The number of rotatable bonds is 5. The van der Waals surface area contributed by atoms with E-state index in [1.54, 1.807) is 6.07 Å². The molecular weight excluding hydrogens is 563 g/mol. The highest BCUT2D eigenvalue weighted by Gasteiger charge is 2.36. The van der Waals surface area contributed by atoms with Gasteiger partial charge in [0.25, 0.3) is 0 Å². The lowest BCUT2D eigenvalue weighted by atomic mass is 9.37. The van der Waals surface area contributed by atoms with Crippen LogP contribution in [-0.2, 0) is 6.42 Å². The highest BCUT2D eigenvalue weighted by atomic mass is 19.2. The summed E-state index contributed by atoms with van der Waals surface area (Å²) in [5, 5.41) is 2.52. The average Bonchev–Trinajstić information content (AvgIpc) is 2.91. The molecule has 0 unspecified atom stereocenters. The molecule has 1 aliphatic rings. The third-order valence-electron chi connectivity index (χ3n) is 7.54. The van der Waals surface area contributed by atoms with E-state index in [1.165, 1.54) is 43.5 Å². The van der Waals surface area contributed by atoms with Gasteiger partial charge < -0.3 is 5.32 Å². The monoisotopic (exact) mass is 593 g/mol. The maximum Gasteiger partial charge on any atom is 0.200 e. The van der Waals surface area contributed by atoms with E-state index in [-0.39, 0.29) is 6.42 Å². The summed E-state index contributed by atoms with van der Waals surface area (Å²) in [5.74, 6) is -24.2. The molecule has 0 bridgehead atoms. The van der Waals surface area contributed by atoms with Crippen molar-refractivity contribution in [1.82, 2.24) is 0 Å². The molecule has 1 saturated heterocycles. The van der Waals surface area contributed by atoms with Gasteiger partial charge in [-0.05, 0) is 34.1 Å². The highest BCUT2D eigenvalue weighted by Crippen LogP contribution is 2.23. The van der Waals surface area contributed by atoms with Crippen LogP contribution < -0.4 is 16.2 Å². The van der Waals surface area contributed by atoms with E-state index in [4.69, 9.17) is 0 Å². The SMILES string of the molecule is CC1(C)CCCC(C)(C)[NH2+]1.Fc1c(F)c(F)c([BH-](CCc2ccccc2)c2c(F)c(F)c(F)c(F)c2F)c(F)c1F. The first kappa shape index (κ1) is 32.5. The van der Waals surface area contributed by atoms with E-state index in [2.05, 4.69) is 33.0 Å². The number of halogens is 10. The van der Waals surface area contributed by atoms with Crippen LogP contribution >= 0.6 is 0 Å². The number of aryl methyl sites for hydroxylation is 1. The number of hydrogen-bond donors (Lipinski definition) is 1. The van der Waals surface area contributed by atoms with Crippen molar-refractivity contribution in [3.8, 4) is 0 Å². The van der Waals surface area contributed by atoms with E-state index in [0.29, 0.717) is 16.6 Å². The Hall–Kier alpha value is -3.02. The Morgan fingerprint density at radius 3 is 1.22 bits per heavy atom. The molecule has 1 heterocycles. The molecule has 2 N–H and O–H groups in total. The molecule has 0 spiro atoms. The van der Waals surface area contributed by atoms with Gasteiger partial charge in [0.2, 0.25) is 0 Å². The second-order valence-corrected chi connectivity index (χ2v) is 11.8. The second-order valence-electron chi connectivity index (χ2n) is 11.8. The first-order chi connectivity index (χ1) is 19.0. The van der Waals surface area contributed by atoms with Gasteiger partial charge in [0.15, 0.2) is 34.9 Å². The Balaban J connectivity index is 0.000000389. The van der Waals surface area contributed by atoms with Crippen molar-refractivity contribution in [3.05, 3.63) is 94.1 Å². The summed E-state index contributed by atoms with van der Waals surface area (Å²) in [5.41, 5.74) is -1.82. The normalized spacial score (nSPS) is 16.0. The van der Waals surface area contributed by atoms with Gasteiger partial charge in [0, 0.05) is 12.8 Å². The Morgan fingerprint density at radius 1 is 0.561 bits per heavy atom. The van der Waals surface area contributed by atoms with E-state index < -0.39 is 82.1 Å². The third kappa shape index (κ3) is 7.08. The van der Waals surface area contributed by atoms with E-state index in [9.17, 15) is 43.9 Å². The third-order valence-corrected chi connectivity index (χ3v) is 7.54. The predicted octanol–water partition coefficient (Wildman–Crippen LogP) is 5.95. The van der Waals surface area contributed by atoms with Crippen LogP contribution in [-0.4, -0.2) is 17.8 Å². The van der Waals surface area contributed by atoms with Crippen LogP contribution in [0.25, 0.3) is 0 Å². The van der Waals surface area contributed by atoms with E-state index in [1.807, 2.05) is 0 Å². The summed E-state index contributed by atoms with van der Waals surface area (Å²) >= 11 is 0. The number of benzene rings is 3. The molecular formula is C29H30BF10N. The number of nitrogens with two attached hydrogens (primary N) is 1. The van der Waals surface area contributed by atoms with Crippen molar-refractivity contribution in [1.29, 1.82) is 0 Å². The molecule has 4 rings (SSSR count). The maximum atomic E-state index is 14.4. The van der Waals surface area contributed by atoms with Gasteiger partial charge in [-0.25, -0.2) is 43.9 Å². The van der Waals surface area contributed by atoms with Gasteiger partial charge in [-0.1, -0.05) is 42.3 Å². The highest BCUT2D eigenvalue weighted by molar-refractivity contribution is 6.85. The van der Waals surface area contributed by atoms with Gasteiger partial charge in [-0.3, -0.25) is 0 Å². The Morgan fingerprint density at radius 2 is 0.902 bits per heavy atom. The van der Waals surface area contributed by atoms with Gasteiger partial charge in [-0.15, -0.1) is 10.9 Å². The zero-order chi connectivity index (χ0) is 30.9. The molecule has 224 valence electrons. The smallest absolute Gasteiger partial charge is 0.200 e. The number of piperidine rings is 1. The zero-order valence-electron chi connectivity index (χ0n) is 23.0. The van der Waals surface area contributed by atoms with Gasteiger partial charge in [0.05, 0.1) is 17.8 Å². The Labute approximate surface area is 232 Å². The van der Waals surface area contributed by atoms with E-state index >= 15 is 0 Å². The van der Waals surface area contributed by atoms with Crippen LogP contribution in [0.15, 0.2) is 30.3 Å². The minimum absolute atomic E-state index is 0.209. The summed E-state index contributed by atoms with van der Waals surface area (Å²) in [6, 6.07) is 7.66. The summed E-state index contributed by atoms with van der Waals surface area (Å²) in [6.45, 7) is 5.88. The number of quaternary nitrogens is 1. The molecule has 0 saturated carbocycles. The molecule has 0 atom stereocenters. The van der Waals surface area contributed by atoms with Crippen LogP contribution in [0.1, 0.15) is 52.5 Å². The molecule has 3 aromatic rings. The second kappa shape index (κ2) is 12.5. The lowest BCUT2D eigenvalue weighted by molar-refractivity contribution is -0.787. The Kier molecular flexibility index (Phi) is 9.88. The molecule has 1 fully saturated rings. The van der Waals surface area contributed by atoms with Crippen molar-refractivity contribution < 1.29 is 49.2 Å². The first-order valence-electron chi connectivity index (χ1n) is 13.1.